The highest BCUT2D eigenvalue weighted by Gasteiger charge is 2.18. The molecule has 0 fully saturated rings. The van der Waals surface area contributed by atoms with E-state index in [1.807, 2.05) is 74.5 Å². The third-order valence-corrected chi connectivity index (χ3v) is 5.18. The quantitative estimate of drug-likeness (QED) is 0.361. The minimum atomic E-state index is 0.0764. The van der Waals surface area contributed by atoms with E-state index < -0.39 is 0 Å². The highest BCUT2D eigenvalue weighted by molar-refractivity contribution is 7.99. The SMILES string of the molecule is Cc1cc(C(=O)CSc2nc3ccccc3o2)c(C)n1-c1ccccc1. The third-order valence-electron chi connectivity index (χ3n) is 4.35. The Morgan fingerprint density at radius 1 is 1.08 bits per heavy atom. The molecule has 0 spiro atoms. The molecule has 0 amide bonds. The van der Waals surface area contributed by atoms with Gasteiger partial charge in [-0.2, -0.15) is 0 Å². The van der Waals surface area contributed by atoms with Gasteiger partial charge in [0.1, 0.15) is 5.52 Å². The highest BCUT2D eigenvalue weighted by Crippen LogP contribution is 2.26. The fourth-order valence-electron chi connectivity index (χ4n) is 3.14. The molecule has 130 valence electrons. The molecule has 0 N–H and O–H groups in total. The Balaban J connectivity index is 1.55. The van der Waals surface area contributed by atoms with Gasteiger partial charge in [0.15, 0.2) is 11.4 Å². The van der Waals surface area contributed by atoms with Crippen LogP contribution in [0, 0.1) is 13.8 Å². The van der Waals surface area contributed by atoms with Crippen molar-refractivity contribution in [3.8, 4) is 5.69 Å². The van der Waals surface area contributed by atoms with Gasteiger partial charge in [-0.05, 0) is 44.2 Å². The van der Waals surface area contributed by atoms with E-state index in [0.717, 1.165) is 33.7 Å². The van der Waals surface area contributed by atoms with Gasteiger partial charge in [0, 0.05) is 22.6 Å². The molecule has 5 heteroatoms. The number of hydrogen-bond donors (Lipinski definition) is 0. The lowest BCUT2D eigenvalue weighted by atomic mass is 10.2. The summed E-state index contributed by atoms with van der Waals surface area (Å²) in [5, 5.41) is 0.524. The molecule has 0 aliphatic rings. The van der Waals surface area contributed by atoms with E-state index in [1.165, 1.54) is 11.8 Å². The number of oxazole rings is 1. The molecule has 2 aromatic carbocycles. The first kappa shape index (κ1) is 16.7. The maximum Gasteiger partial charge on any atom is 0.257 e. The van der Waals surface area contributed by atoms with Crippen molar-refractivity contribution in [1.82, 2.24) is 9.55 Å². The molecule has 2 heterocycles. The van der Waals surface area contributed by atoms with Crippen LogP contribution in [0.4, 0.5) is 0 Å². The zero-order valence-corrected chi connectivity index (χ0v) is 15.4. The third kappa shape index (κ3) is 3.06. The van der Waals surface area contributed by atoms with Gasteiger partial charge in [-0.3, -0.25) is 4.79 Å². The normalized spacial score (nSPS) is 11.2. The summed E-state index contributed by atoms with van der Waals surface area (Å²) in [6.07, 6.45) is 0. The summed E-state index contributed by atoms with van der Waals surface area (Å²) in [4.78, 5) is 17.2. The Hall–Kier alpha value is -2.79. The Bertz CT molecular complexity index is 1050. The predicted octanol–water partition coefficient (Wildman–Crippen LogP) is 5.21. The minimum Gasteiger partial charge on any atom is -0.431 e. The lowest BCUT2D eigenvalue weighted by Gasteiger charge is -2.09. The summed E-state index contributed by atoms with van der Waals surface area (Å²) < 4.78 is 7.79. The van der Waals surface area contributed by atoms with E-state index in [0.29, 0.717) is 11.0 Å². The van der Waals surface area contributed by atoms with E-state index in [9.17, 15) is 4.79 Å². The smallest absolute Gasteiger partial charge is 0.257 e. The number of aromatic nitrogens is 2. The first-order valence-corrected chi connectivity index (χ1v) is 9.38. The molecule has 4 aromatic rings. The number of ketones is 1. The van der Waals surface area contributed by atoms with Gasteiger partial charge >= 0.3 is 0 Å². The number of hydrogen-bond acceptors (Lipinski definition) is 4. The van der Waals surface area contributed by atoms with Gasteiger partial charge in [0.25, 0.3) is 5.22 Å². The largest absolute Gasteiger partial charge is 0.431 e. The maximum atomic E-state index is 12.7. The van der Waals surface area contributed by atoms with Crippen LogP contribution in [-0.2, 0) is 0 Å². The lowest BCUT2D eigenvalue weighted by Crippen LogP contribution is -2.05. The number of rotatable bonds is 5. The van der Waals surface area contributed by atoms with Crippen LogP contribution in [0.5, 0.6) is 0 Å². The van der Waals surface area contributed by atoms with Crippen molar-refractivity contribution in [1.29, 1.82) is 0 Å². The number of aryl methyl sites for hydroxylation is 1. The van der Waals surface area contributed by atoms with Crippen LogP contribution in [0.25, 0.3) is 16.8 Å². The molecule has 0 aliphatic carbocycles. The number of carbonyl (C=O) groups excluding carboxylic acids is 1. The van der Waals surface area contributed by atoms with Gasteiger partial charge < -0.3 is 8.98 Å². The van der Waals surface area contributed by atoms with Crippen molar-refractivity contribution in [2.45, 2.75) is 19.1 Å². The number of Topliss-reactive ketones (excluding diaryl/α,β-unsaturated/α-hetero) is 1. The Morgan fingerprint density at radius 3 is 2.58 bits per heavy atom. The van der Waals surface area contributed by atoms with Crippen molar-refractivity contribution in [2.75, 3.05) is 5.75 Å². The summed E-state index contributed by atoms with van der Waals surface area (Å²) in [6.45, 7) is 4.00. The highest BCUT2D eigenvalue weighted by atomic mass is 32.2. The zero-order chi connectivity index (χ0) is 18.1. The first-order chi connectivity index (χ1) is 12.6. The Kier molecular flexibility index (Phi) is 4.39. The summed E-state index contributed by atoms with van der Waals surface area (Å²) in [5.74, 6) is 0.374. The van der Waals surface area contributed by atoms with Gasteiger partial charge in [-0.25, -0.2) is 4.98 Å². The molecule has 4 nitrogen and oxygen atoms in total. The number of benzene rings is 2. The van der Waals surface area contributed by atoms with Crippen LogP contribution < -0.4 is 0 Å². The molecular weight excluding hydrogens is 344 g/mol. The molecule has 0 saturated heterocycles. The van der Waals surface area contributed by atoms with Gasteiger partial charge in [-0.15, -0.1) is 0 Å². The second-order valence-corrected chi connectivity index (χ2v) is 7.04. The van der Waals surface area contributed by atoms with Crippen molar-refractivity contribution in [2.24, 2.45) is 0 Å². The maximum absolute atomic E-state index is 12.7. The van der Waals surface area contributed by atoms with Crippen LogP contribution in [-0.4, -0.2) is 21.1 Å². The van der Waals surface area contributed by atoms with Crippen LogP contribution >= 0.6 is 11.8 Å². The van der Waals surface area contributed by atoms with Crippen LogP contribution in [0.2, 0.25) is 0 Å². The fourth-order valence-corrected chi connectivity index (χ4v) is 3.86. The second-order valence-electron chi connectivity index (χ2n) is 6.12. The van der Waals surface area contributed by atoms with E-state index in [1.54, 1.807) is 0 Å². The lowest BCUT2D eigenvalue weighted by molar-refractivity contribution is 0.102. The molecule has 26 heavy (non-hydrogen) atoms. The number of carbonyl (C=O) groups is 1. The van der Waals surface area contributed by atoms with Crippen molar-refractivity contribution >= 4 is 28.6 Å². The van der Waals surface area contributed by atoms with Crippen molar-refractivity contribution < 1.29 is 9.21 Å². The molecular formula is C21H18N2O2S. The number of para-hydroxylation sites is 3. The topological polar surface area (TPSA) is 48.0 Å². The summed E-state index contributed by atoms with van der Waals surface area (Å²) in [5.41, 5.74) is 5.36. The molecule has 0 radical (unpaired) electrons. The standard InChI is InChI=1S/C21H18N2O2S/c1-14-12-17(15(2)23(14)16-8-4-3-5-9-16)19(24)13-26-21-22-18-10-6-7-11-20(18)25-21/h3-12H,13H2,1-2H3. The van der Waals surface area contributed by atoms with E-state index in [4.69, 9.17) is 4.42 Å². The van der Waals surface area contributed by atoms with Crippen molar-refractivity contribution in [3.05, 3.63) is 77.6 Å². The number of nitrogens with zero attached hydrogens (tertiary/aromatic N) is 2. The van der Waals surface area contributed by atoms with E-state index in [-0.39, 0.29) is 5.78 Å². The van der Waals surface area contributed by atoms with Crippen LogP contribution in [0.15, 0.2) is 70.3 Å². The van der Waals surface area contributed by atoms with Gasteiger partial charge in [-0.1, -0.05) is 42.1 Å². The summed E-state index contributed by atoms with van der Waals surface area (Å²) >= 11 is 1.33. The van der Waals surface area contributed by atoms with Crippen molar-refractivity contribution in [3.63, 3.8) is 0 Å². The molecule has 0 saturated carbocycles. The molecule has 0 bridgehead atoms. The van der Waals surface area contributed by atoms with E-state index >= 15 is 0 Å². The molecule has 0 atom stereocenters. The van der Waals surface area contributed by atoms with Crippen LogP contribution in [0.1, 0.15) is 21.7 Å². The Morgan fingerprint density at radius 2 is 1.81 bits per heavy atom. The number of thioether (sulfide) groups is 1. The number of fused-ring (bicyclic) bond motifs is 1. The van der Waals surface area contributed by atoms with E-state index in [2.05, 4.69) is 9.55 Å². The van der Waals surface area contributed by atoms with Gasteiger partial charge in [0.05, 0.1) is 5.75 Å². The molecule has 2 aromatic heterocycles. The minimum absolute atomic E-state index is 0.0764. The second kappa shape index (κ2) is 6.84. The molecule has 0 aliphatic heterocycles. The fraction of sp³-hybridized carbons (Fsp3) is 0.143. The average molecular weight is 362 g/mol. The summed E-state index contributed by atoms with van der Waals surface area (Å²) in [7, 11) is 0. The summed E-state index contributed by atoms with van der Waals surface area (Å²) in [6, 6.07) is 19.6. The average Bonchev–Trinajstić information content (AvgIpc) is 3.20. The molecule has 0 unspecified atom stereocenters. The monoisotopic (exact) mass is 362 g/mol. The van der Waals surface area contributed by atoms with Gasteiger partial charge in [0.2, 0.25) is 0 Å². The first-order valence-electron chi connectivity index (χ1n) is 8.39. The van der Waals surface area contributed by atoms with Crippen LogP contribution in [0.3, 0.4) is 0 Å². The molecule has 4 rings (SSSR count). The predicted molar refractivity (Wildman–Crippen MR) is 104 cm³/mol. The Labute approximate surface area is 155 Å². The zero-order valence-electron chi connectivity index (χ0n) is 14.6.